The number of fused-ring (bicyclic) bond motifs is 1. The summed E-state index contributed by atoms with van der Waals surface area (Å²) < 4.78 is 1.40. The summed E-state index contributed by atoms with van der Waals surface area (Å²) in [6.07, 6.45) is 5.47. The second kappa shape index (κ2) is 12.2. The molecule has 2 aromatic rings. The van der Waals surface area contributed by atoms with E-state index in [1.807, 2.05) is 6.07 Å². The average molecular weight is 483 g/mol. The van der Waals surface area contributed by atoms with Gasteiger partial charge >= 0.3 is 127 Å². The fraction of sp³-hybridized carbons (Fsp3) is 0.320. The molecule has 1 aliphatic rings. The van der Waals surface area contributed by atoms with Crippen LogP contribution >= 0.6 is 0 Å². The Morgan fingerprint density at radius 1 is 0.806 bits per heavy atom. The predicted octanol–water partition coefficient (Wildman–Crippen LogP) is 3.05. The Bertz CT molecular complexity index is 941. The van der Waals surface area contributed by atoms with E-state index in [4.69, 9.17) is 0 Å². The number of unbranched alkanes of at least 4 members (excludes halogenated alkanes) is 2. The first-order valence-electron chi connectivity index (χ1n) is 10.7. The van der Waals surface area contributed by atoms with Crippen LogP contribution in [0, 0.1) is 0 Å². The summed E-state index contributed by atoms with van der Waals surface area (Å²) in [6, 6.07) is 17.4. The molecule has 0 fully saturated rings. The number of amides is 1. The molecule has 0 spiro atoms. The van der Waals surface area contributed by atoms with E-state index in [1.54, 1.807) is 24.3 Å². The van der Waals surface area contributed by atoms with Crippen molar-refractivity contribution in [3.63, 3.8) is 0 Å². The normalized spacial score (nSPS) is 12.8. The Labute approximate surface area is 189 Å². The molecule has 2 aromatic carbocycles. The average Bonchev–Trinajstić information content (AvgIpc) is 2.79. The number of hydrogen-bond donors (Lipinski definition) is 2. The first-order chi connectivity index (χ1) is 15.1. The molecule has 31 heavy (non-hydrogen) atoms. The minimum absolute atomic E-state index is 0.104. The van der Waals surface area contributed by atoms with Gasteiger partial charge in [0.25, 0.3) is 0 Å². The van der Waals surface area contributed by atoms with Crippen molar-refractivity contribution in [3.05, 3.63) is 77.5 Å². The molecule has 0 saturated heterocycles. The maximum atomic E-state index is 12.5. The van der Waals surface area contributed by atoms with E-state index in [0.29, 0.717) is 44.7 Å². The summed E-state index contributed by atoms with van der Waals surface area (Å²) in [5.41, 5.74) is 1.28. The van der Waals surface area contributed by atoms with Crippen LogP contribution < -0.4 is 15.1 Å². The molecule has 0 aliphatic heterocycles. The molecule has 5 nitrogen and oxygen atoms in total. The van der Waals surface area contributed by atoms with Crippen LogP contribution in [0.3, 0.4) is 0 Å². The van der Waals surface area contributed by atoms with E-state index in [-0.39, 0.29) is 17.5 Å². The van der Waals surface area contributed by atoms with E-state index in [1.165, 1.54) is 10.5 Å². The Balaban J connectivity index is 1.23. The van der Waals surface area contributed by atoms with Crippen molar-refractivity contribution in [2.45, 2.75) is 37.4 Å². The van der Waals surface area contributed by atoms with Gasteiger partial charge in [0.15, 0.2) is 5.78 Å². The summed E-state index contributed by atoms with van der Waals surface area (Å²) in [7, 11) is 0. The number of carbonyl (C=O) groups excluding carboxylic acids is 3. The number of allylic oxidation sites excluding steroid dienone is 2. The quantitative estimate of drug-likeness (QED) is 0.360. The molecule has 1 amide bonds. The number of hydrogen-bond acceptors (Lipinski definition) is 4. The van der Waals surface area contributed by atoms with Gasteiger partial charge in [-0.2, -0.15) is 0 Å². The third kappa shape index (κ3) is 7.19. The molecular formula is C25H28N2O3Se. The third-order valence-electron chi connectivity index (χ3n) is 5.01. The van der Waals surface area contributed by atoms with Crippen LogP contribution in [0.15, 0.2) is 66.4 Å². The first kappa shape index (κ1) is 23.0. The van der Waals surface area contributed by atoms with E-state index in [9.17, 15) is 14.4 Å². The van der Waals surface area contributed by atoms with Gasteiger partial charge in [-0.05, 0) is 0 Å². The Morgan fingerprint density at radius 2 is 1.55 bits per heavy atom. The van der Waals surface area contributed by atoms with Gasteiger partial charge < -0.3 is 0 Å². The molecule has 0 unspecified atom stereocenters. The topological polar surface area (TPSA) is 75.3 Å². The number of nitrogens with one attached hydrogen (secondary N) is 2. The zero-order valence-electron chi connectivity index (χ0n) is 17.6. The number of ketones is 2. The van der Waals surface area contributed by atoms with Gasteiger partial charge in [0, 0.05) is 17.2 Å². The van der Waals surface area contributed by atoms with Gasteiger partial charge in [0.05, 0.1) is 0 Å². The summed E-state index contributed by atoms with van der Waals surface area (Å²) >= 11 is 0.473. The van der Waals surface area contributed by atoms with Crippen molar-refractivity contribution in [2.24, 2.45) is 0 Å². The van der Waals surface area contributed by atoms with Crippen molar-refractivity contribution in [1.29, 1.82) is 0 Å². The van der Waals surface area contributed by atoms with Gasteiger partial charge in [-0.25, -0.2) is 0 Å². The molecule has 2 N–H and O–H groups in total. The first-order valence-corrected chi connectivity index (χ1v) is 12.8. The Morgan fingerprint density at radius 3 is 2.35 bits per heavy atom. The van der Waals surface area contributed by atoms with E-state index < -0.39 is 0 Å². The van der Waals surface area contributed by atoms with Gasteiger partial charge in [-0.1, -0.05) is 24.3 Å². The molecule has 0 saturated carbocycles. The van der Waals surface area contributed by atoms with Crippen LogP contribution in [-0.4, -0.2) is 45.5 Å². The molecule has 6 heteroatoms. The SMILES string of the molecule is O=C(CCCCCNC1=CC(=O)c2ccccc2C1=O)NCCC[Se]c1ccccc1. The molecule has 0 heterocycles. The van der Waals surface area contributed by atoms with E-state index in [2.05, 4.69) is 34.9 Å². The zero-order chi connectivity index (χ0) is 21.9. The molecular weight excluding hydrogens is 455 g/mol. The van der Waals surface area contributed by atoms with E-state index in [0.717, 1.165) is 37.5 Å². The van der Waals surface area contributed by atoms with Crippen LogP contribution in [-0.2, 0) is 4.79 Å². The van der Waals surface area contributed by atoms with Crippen molar-refractivity contribution < 1.29 is 14.4 Å². The molecule has 162 valence electrons. The number of Topliss-reactive ketones (excluding diaryl/α,β-unsaturated/α-hetero) is 1. The molecule has 0 aromatic heterocycles. The Hall–Kier alpha value is -2.69. The van der Waals surface area contributed by atoms with Gasteiger partial charge in [-0.15, -0.1) is 0 Å². The summed E-state index contributed by atoms with van der Waals surface area (Å²) in [4.78, 5) is 36.5. The summed E-state index contributed by atoms with van der Waals surface area (Å²) in [5, 5.41) is 7.21. The number of benzene rings is 2. The van der Waals surface area contributed by atoms with Crippen molar-refractivity contribution >= 4 is 36.9 Å². The van der Waals surface area contributed by atoms with Crippen LogP contribution in [0.25, 0.3) is 0 Å². The van der Waals surface area contributed by atoms with Gasteiger partial charge in [-0.3, -0.25) is 9.59 Å². The monoisotopic (exact) mass is 484 g/mol. The number of rotatable bonds is 12. The van der Waals surface area contributed by atoms with Crippen LogP contribution in [0.2, 0.25) is 5.32 Å². The third-order valence-corrected chi connectivity index (χ3v) is 7.31. The van der Waals surface area contributed by atoms with Gasteiger partial charge in [0.1, 0.15) is 0 Å². The van der Waals surface area contributed by atoms with Crippen molar-refractivity contribution in [1.82, 2.24) is 10.6 Å². The predicted molar refractivity (Wildman–Crippen MR) is 124 cm³/mol. The second-order valence-electron chi connectivity index (χ2n) is 7.40. The minimum atomic E-state index is -0.140. The standard InChI is InChI=1S/C25H28N2O3Se/c28-23-18-22(25(30)21-13-7-6-12-20(21)23)26-15-8-2-5-14-24(29)27-16-9-17-31-19-10-3-1-4-11-19/h1,3-4,6-7,10-13,18,26H,2,5,8-9,14-17H2,(H,27,29). The Kier molecular flexibility index (Phi) is 9.07. The second-order valence-corrected chi connectivity index (χ2v) is 9.85. The molecule has 0 atom stereocenters. The summed E-state index contributed by atoms with van der Waals surface area (Å²) in [6.45, 7) is 1.34. The van der Waals surface area contributed by atoms with Crippen molar-refractivity contribution in [3.8, 4) is 0 Å². The number of carbonyl (C=O) groups is 3. The molecule has 0 bridgehead atoms. The molecule has 1 aliphatic carbocycles. The summed E-state index contributed by atoms with van der Waals surface area (Å²) in [5.74, 6) is -0.171. The van der Waals surface area contributed by atoms with Gasteiger partial charge in [0.2, 0.25) is 5.78 Å². The molecule has 0 radical (unpaired) electrons. The van der Waals surface area contributed by atoms with Crippen LogP contribution in [0.4, 0.5) is 0 Å². The fourth-order valence-corrected chi connectivity index (χ4v) is 5.19. The van der Waals surface area contributed by atoms with Crippen LogP contribution in [0.1, 0.15) is 52.8 Å². The fourth-order valence-electron chi connectivity index (χ4n) is 3.35. The van der Waals surface area contributed by atoms with Crippen LogP contribution in [0.5, 0.6) is 0 Å². The maximum absolute atomic E-state index is 12.5. The molecule has 3 rings (SSSR count). The van der Waals surface area contributed by atoms with E-state index >= 15 is 0 Å². The zero-order valence-corrected chi connectivity index (χ0v) is 19.3. The van der Waals surface area contributed by atoms with Crippen molar-refractivity contribution in [2.75, 3.05) is 13.1 Å².